The molecule has 0 radical (unpaired) electrons. The highest BCUT2D eigenvalue weighted by atomic mass is 16.2. The van der Waals surface area contributed by atoms with E-state index in [1.54, 1.807) is 29.3 Å². The van der Waals surface area contributed by atoms with Crippen molar-refractivity contribution in [1.82, 2.24) is 15.2 Å². The highest BCUT2D eigenvalue weighted by Gasteiger charge is 2.35. The van der Waals surface area contributed by atoms with Crippen LogP contribution < -0.4 is 11.1 Å². The Morgan fingerprint density at radius 3 is 2.56 bits per heavy atom. The molecule has 0 spiro atoms. The summed E-state index contributed by atoms with van der Waals surface area (Å²) < 4.78 is 0. The molecule has 2 amide bonds. The summed E-state index contributed by atoms with van der Waals surface area (Å²) in [5, 5.41) is 2.64. The first kappa shape index (κ1) is 17.1. The zero-order valence-corrected chi connectivity index (χ0v) is 14.0. The molecular weight excluding hydrogens is 316 g/mol. The lowest BCUT2D eigenvalue weighted by Gasteiger charge is -2.17. The molecule has 0 aliphatic carbocycles. The normalized spacial score (nSPS) is 19.6. The largest absolute Gasteiger partial charge is 0.342 e. The number of nitrogens with two attached hydrogens (primary N) is 1. The number of nitrogens with one attached hydrogen (secondary N) is 1. The van der Waals surface area contributed by atoms with Gasteiger partial charge in [-0.2, -0.15) is 0 Å². The number of carbonyl (C=O) groups excluding carboxylic acids is 2. The van der Waals surface area contributed by atoms with Crippen molar-refractivity contribution in [2.75, 3.05) is 26.2 Å². The van der Waals surface area contributed by atoms with Crippen molar-refractivity contribution in [2.24, 2.45) is 11.7 Å². The van der Waals surface area contributed by atoms with Gasteiger partial charge in [-0.15, -0.1) is 0 Å². The number of likely N-dealkylation sites (tertiary alicyclic amines) is 1. The van der Waals surface area contributed by atoms with Crippen molar-refractivity contribution in [1.29, 1.82) is 0 Å². The number of carbonyl (C=O) groups is 2. The molecule has 6 heteroatoms. The van der Waals surface area contributed by atoms with Gasteiger partial charge < -0.3 is 16.0 Å². The SMILES string of the molecule is NC[C@@H]1CN(C(=O)CNC(=O)c2ccccn2)C[C@H]1c1ccccc1. The van der Waals surface area contributed by atoms with Crippen LogP contribution in [0, 0.1) is 5.92 Å². The van der Waals surface area contributed by atoms with Gasteiger partial charge in [0.05, 0.1) is 6.54 Å². The van der Waals surface area contributed by atoms with Crippen molar-refractivity contribution >= 4 is 11.8 Å². The van der Waals surface area contributed by atoms with Crippen molar-refractivity contribution in [3.63, 3.8) is 0 Å². The number of nitrogens with zero attached hydrogens (tertiary/aromatic N) is 2. The summed E-state index contributed by atoms with van der Waals surface area (Å²) in [7, 11) is 0. The Bertz CT molecular complexity index is 721. The van der Waals surface area contributed by atoms with E-state index in [1.807, 2.05) is 18.2 Å². The molecule has 1 saturated heterocycles. The lowest BCUT2D eigenvalue weighted by atomic mass is 9.89. The fourth-order valence-corrected chi connectivity index (χ4v) is 3.25. The summed E-state index contributed by atoms with van der Waals surface area (Å²) in [4.78, 5) is 30.2. The second-order valence-electron chi connectivity index (χ2n) is 6.21. The number of hydrogen-bond donors (Lipinski definition) is 2. The van der Waals surface area contributed by atoms with Gasteiger partial charge >= 0.3 is 0 Å². The summed E-state index contributed by atoms with van der Waals surface area (Å²) >= 11 is 0. The van der Waals surface area contributed by atoms with Crippen LogP contribution in [0.1, 0.15) is 22.0 Å². The maximum atomic E-state index is 12.5. The van der Waals surface area contributed by atoms with Gasteiger partial charge in [-0.1, -0.05) is 36.4 Å². The van der Waals surface area contributed by atoms with Crippen molar-refractivity contribution < 1.29 is 9.59 Å². The molecule has 1 aliphatic heterocycles. The molecule has 2 heterocycles. The zero-order chi connectivity index (χ0) is 17.6. The highest BCUT2D eigenvalue weighted by molar-refractivity contribution is 5.94. The van der Waals surface area contributed by atoms with Gasteiger partial charge in [0.25, 0.3) is 5.91 Å². The summed E-state index contributed by atoms with van der Waals surface area (Å²) in [5.41, 5.74) is 7.41. The Kier molecular flexibility index (Phi) is 5.40. The van der Waals surface area contributed by atoms with E-state index in [-0.39, 0.29) is 30.2 Å². The van der Waals surface area contributed by atoms with Crippen LogP contribution in [0.25, 0.3) is 0 Å². The van der Waals surface area contributed by atoms with Gasteiger partial charge in [0, 0.05) is 25.2 Å². The van der Waals surface area contributed by atoms with E-state index in [1.165, 1.54) is 5.56 Å². The molecule has 1 aliphatic rings. The van der Waals surface area contributed by atoms with E-state index in [4.69, 9.17) is 5.73 Å². The molecule has 2 atom stereocenters. The molecule has 25 heavy (non-hydrogen) atoms. The van der Waals surface area contributed by atoms with Crippen LogP contribution >= 0.6 is 0 Å². The van der Waals surface area contributed by atoms with Crippen LogP contribution in [0.15, 0.2) is 54.7 Å². The van der Waals surface area contributed by atoms with E-state index in [9.17, 15) is 9.59 Å². The van der Waals surface area contributed by atoms with Crippen molar-refractivity contribution in [3.8, 4) is 0 Å². The van der Waals surface area contributed by atoms with Gasteiger partial charge in [-0.05, 0) is 30.2 Å². The van der Waals surface area contributed by atoms with Gasteiger partial charge in [0.1, 0.15) is 5.69 Å². The standard InChI is InChI=1S/C19H22N4O2/c20-10-15-12-23(13-16(15)14-6-2-1-3-7-14)18(24)11-22-19(25)17-8-4-5-9-21-17/h1-9,15-16H,10-13,20H2,(H,22,25)/t15-,16+/m1/s1. The third kappa shape index (κ3) is 4.03. The first-order valence-electron chi connectivity index (χ1n) is 8.41. The van der Waals surface area contributed by atoms with E-state index < -0.39 is 0 Å². The van der Waals surface area contributed by atoms with Crippen LogP contribution in [0.3, 0.4) is 0 Å². The minimum absolute atomic E-state index is 0.0335. The van der Waals surface area contributed by atoms with Gasteiger partial charge in [0.15, 0.2) is 0 Å². The highest BCUT2D eigenvalue weighted by Crippen LogP contribution is 2.31. The number of hydrogen-bond acceptors (Lipinski definition) is 4. The molecule has 130 valence electrons. The Morgan fingerprint density at radius 1 is 1.12 bits per heavy atom. The molecule has 6 nitrogen and oxygen atoms in total. The van der Waals surface area contributed by atoms with E-state index in [2.05, 4.69) is 22.4 Å². The molecule has 3 N–H and O–H groups in total. The van der Waals surface area contributed by atoms with Gasteiger partial charge in [-0.25, -0.2) is 0 Å². The van der Waals surface area contributed by atoms with Crippen LogP contribution in [0.5, 0.6) is 0 Å². The fourth-order valence-electron chi connectivity index (χ4n) is 3.25. The predicted molar refractivity (Wildman–Crippen MR) is 94.9 cm³/mol. The number of amides is 2. The minimum atomic E-state index is -0.344. The second-order valence-corrected chi connectivity index (χ2v) is 6.21. The first-order valence-corrected chi connectivity index (χ1v) is 8.41. The fraction of sp³-hybridized carbons (Fsp3) is 0.316. The number of benzene rings is 1. The Hall–Kier alpha value is -2.73. The molecule has 0 unspecified atom stereocenters. The van der Waals surface area contributed by atoms with Crippen LogP contribution in [-0.2, 0) is 4.79 Å². The van der Waals surface area contributed by atoms with E-state index >= 15 is 0 Å². The number of rotatable bonds is 5. The molecule has 1 fully saturated rings. The van der Waals surface area contributed by atoms with E-state index in [0.29, 0.717) is 25.3 Å². The smallest absolute Gasteiger partial charge is 0.270 e. The molecule has 0 saturated carbocycles. The molecule has 1 aromatic carbocycles. The van der Waals surface area contributed by atoms with Crippen molar-refractivity contribution in [3.05, 3.63) is 66.0 Å². The zero-order valence-electron chi connectivity index (χ0n) is 14.0. The summed E-state index contributed by atoms with van der Waals surface area (Å²) in [5.74, 6) is 0.0313. The average Bonchev–Trinajstić information content (AvgIpc) is 3.12. The topological polar surface area (TPSA) is 88.3 Å². The van der Waals surface area contributed by atoms with Gasteiger partial charge in [0.2, 0.25) is 5.91 Å². The van der Waals surface area contributed by atoms with Crippen LogP contribution in [-0.4, -0.2) is 47.9 Å². The Balaban J connectivity index is 1.59. The van der Waals surface area contributed by atoms with Crippen molar-refractivity contribution in [2.45, 2.75) is 5.92 Å². The number of aromatic nitrogens is 1. The lowest BCUT2D eigenvalue weighted by molar-refractivity contribution is -0.129. The minimum Gasteiger partial charge on any atom is -0.342 e. The average molecular weight is 338 g/mol. The molecule has 0 bridgehead atoms. The van der Waals surface area contributed by atoms with E-state index in [0.717, 1.165) is 0 Å². The lowest BCUT2D eigenvalue weighted by Crippen LogP contribution is -2.39. The summed E-state index contributed by atoms with van der Waals surface area (Å²) in [6.07, 6.45) is 1.55. The number of pyridine rings is 1. The predicted octanol–water partition coefficient (Wildman–Crippen LogP) is 1.01. The Morgan fingerprint density at radius 2 is 1.88 bits per heavy atom. The molecular formula is C19H22N4O2. The molecule has 2 aromatic rings. The third-order valence-electron chi connectivity index (χ3n) is 4.62. The maximum absolute atomic E-state index is 12.5. The van der Waals surface area contributed by atoms with Gasteiger partial charge in [-0.3, -0.25) is 14.6 Å². The first-order chi connectivity index (χ1) is 12.2. The van der Waals surface area contributed by atoms with Crippen LogP contribution in [0.4, 0.5) is 0 Å². The quantitative estimate of drug-likeness (QED) is 0.852. The molecule has 1 aromatic heterocycles. The second kappa shape index (κ2) is 7.90. The summed E-state index contributed by atoms with van der Waals surface area (Å²) in [6.45, 7) is 1.75. The Labute approximate surface area is 147 Å². The van der Waals surface area contributed by atoms with Crippen LogP contribution in [0.2, 0.25) is 0 Å². The maximum Gasteiger partial charge on any atom is 0.270 e. The monoisotopic (exact) mass is 338 g/mol. The molecule has 3 rings (SSSR count). The summed E-state index contributed by atoms with van der Waals surface area (Å²) in [6, 6.07) is 15.2. The third-order valence-corrected chi connectivity index (χ3v) is 4.62.